The first kappa shape index (κ1) is 57.4. The van der Waals surface area contributed by atoms with Gasteiger partial charge in [0.2, 0.25) is 5.91 Å². The van der Waals surface area contributed by atoms with Crippen LogP contribution in [0, 0.1) is 0 Å². The highest BCUT2D eigenvalue weighted by atomic mass is 31.2. The van der Waals surface area contributed by atoms with Crippen LogP contribution in [0.3, 0.4) is 0 Å². The minimum absolute atomic E-state index is 0.0136. The molecular formula is C51H89N2O6P. The number of aliphatic hydroxyl groups excluding tert-OH is 1. The number of aliphatic hydroxyl groups is 1. The van der Waals surface area contributed by atoms with Gasteiger partial charge in [-0.1, -0.05) is 175 Å². The van der Waals surface area contributed by atoms with E-state index in [-0.39, 0.29) is 12.5 Å². The van der Waals surface area contributed by atoms with Crippen LogP contribution in [0.2, 0.25) is 0 Å². The Hall–Kier alpha value is -2.58. The van der Waals surface area contributed by atoms with E-state index in [4.69, 9.17) is 9.05 Å². The zero-order chi connectivity index (χ0) is 44.3. The van der Waals surface area contributed by atoms with E-state index in [9.17, 15) is 19.4 Å². The standard InChI is InChI=1S/C51H89N2O6P/c1-6-8-10-12-14-16-18-19-20-21-22-23-24-25-26-27-28-29-30-31-32-33-35-37-39-41-43-45-51(55)52-49(48-59-60(56,57)58-47-46-53(3,4)5)50(54)44-42-40-38-36-34-17-15-13-11-9-7-2/h8,10,14,16,19-20,22-23,25-26,28-29,34,36,42,44,49-50,54H,6-7,9,11-13,15,17-18,21,24,27,30-33,35,37-41,43,45-48H2,1-5H3,(H-,52,55,56,57)/b10-8-,16-14-,20-19-,23-22-,26-25-,29-28-,36-34+,44-42+. The van der Waals surface area contributed by atoms with Crippen LogP contribution in [-0.4, -0.2) is 68.5 Å². The quantitative estimate of drug-likeness (QED) is 0.0274. The van der Waals surface area contributed by atoms with Gasteiger partial charge in [-0.3, -0.25) is 9.36 Å². The van der Waals surface area contributed by atoms with Crippen molar-refractivity contribution in [3.05, 3.63) is 97.2 Å². The molecule has 0 aliphatic carbocycles. The van der Waals surface area contributed by atoms with Gasteiger partial charge in [0.05, 0.1) is 39.9 Å². The molecule has 9 heteroatoms. The van der Waals surface area contributed by atoms with Crippen molar-refractivity contribution in [2.45, 2.75) is 180 Å². The van der Waals surface area contributed by atoms with E-state index in [0.717, 1.165) is 89.9 Å². The lowest BCUT2D eigenvalue weighted by Crippen LogP contribution is -2.45. The highest BCUT2D eigenvalue weighted by Crippen LogP contribution is 2.38. The minimum atomic E-state index is -4.60. The van der Waals surface area contributed by atoms with E-state index >= 15 is 0 Å². The number of nitrogens with one attached hydrogen (secondary N) is 1. The number of likely N-dealkylation sites (N-methyl/N-ethyl adjacent to an activating group) is 1. The Morgan fingerprint density at radius 3 is 1.55 bits per heavy atom. The molecule has 0 fully saturated rings. The van der Waals surface area contributed by atoms with Crippen LogP contribution in [0.1, 0.15) is 168 Å². The molecule has 0 radical (unpaired) electrons. The summed E-state index contributed by atoms with van der Waals surface area (Å²) < 4.78 is 23.2. The maximum atomic E-state index is 12.9. The summed E-state index contributed by atoms with van der Waals surface area (Å²) >= 11 is 0. The molecule has 0 rings (SSSR count). The second-order valence-corrected chi connectivity index (χ2v) is 18.1. The van der Waals surface area contributed by atoms with E-state index in [1.807, 2.05) is 27.2 Å². The van der Waals surface area contributed by atoms with Gasteiger partial charge in [-0.2, -0.15) is 0 Å². The van der Waals surface area contributed by atoms with Crippen LogP contribution < -0.4 is 10.2 Å². The van der Waals surface area contributed by atoms with Gasteiger partial charge in [0, 0.05) is 6.42 Å². The van der Waals surface area contributed by atoms with Gasteiger partial charge < -0.3 is 28.8 Å². The van der Waals surface area contributed by atoms with Crippen molar-refractivity contribution in [2.24, 2.45) is 0 Å². The number of phosphoric ester groups is 1. The van der Waals surface area contributed by atoms with Crippen LogP contribution in [0.15, 0.2) is 97.2 Å². The van der Waals surface area contributed by atoms with Crippen LogP contribution in [0.25, 0.3) is 0 Å². The zero-order valence-electron chi connectivity index (χ0n) is 38.9. The SMILES string of the molecule is CC/C=C\C/C=C\C/C=C\C/C=C\C/C=C\C/C=C\CCCCCCCCCCC(=O)NC(COP(=O)([O-])OCC[N+](C)(C)C)C(O)/C=C/CC/C=C/CCCCCCC. The molecule has 3 atom stereocenters. The van der Waals surface area contributed by atoms with E-state index in [2.05, 4.69) is 104 Å². The second kappa shape index (κ2) is 41.8. The molecule has 0 aliphatic rings. The summed E-state index contributed by atoms with van der Waals surface area (Å²) in [5.74, 6) is -0.223. The fraction of sp³-hybridized carbons (Fsp3) is 0.667. The number of carbonyl (C=O) groups excluding carboxylic acids is 1. The average Bonchev–Trinajstić information content (AvgIpc) is 3.20. The first-order valence-corrected chi connectivity index (χ1v) is 25.1. The van der Waals surface area contributed by atoms with Crippen molar-refractivity contribution < 1.29 is 32.9 Å². The Morgan fingerprint density at radius 1 is 0.600 bits per heavy atom. The molecule has 0 saturated heterocycles. The van der Waals surface area contributed by atoms with Crippen molar-refractivity contribution in [2.75, 3.05) is 40.9 Å². The fourth-order valence-electron chi connectivity index (χ4n) is 6.05. The molecule has 0 aromatic carbocycles. The van der Waals surface area contributed by atoms with Crippen molar-refractivity contribution >= 4 is 13.7 Å². The Bertz CT molecular complexity index is 1290. The zero-order valence-corrected chi connectivity index (χ0v) is 39.8. The lowest BCUT2D eigenvalue weighted by molar-refractivity contribution is -0.870. The van der Waals surface area contributed by atoms with Gasteiger partial charge in [-0.15, -0.1) is 0 Å². The van der Waals surface area contributed by atoms with E-state index in [1.54, 1.807) is 6.08 Å². The predicted octanol–water partition coefficient (Wildman–Crippen LogP) is 12.9. The minimum Gasteiger partial charge on any atom is -0.756 e. The average molecular weight is 857 g/mol. The first-order valence-electron chi connectivity index (χ1n) is 23.6. The Kier molecular flexibility index (Phi) is 40.0. The number of nitrogens with zero attached hydrogens (tertiary/aromatic N) is 1. The highest BCUT2D eigenvalue weighted by Gasteiger charge is 2.23. The molecule has 1 amide bonds. The number of quaternary nitrogens is 1. The smallest absolute Gasteiger partial charge is 0.268 e. The van der Waals surface area contributed by atoms with Gasteiger partial charge in [-0.05, 0) is 83.5 Å². The molecular weight excluding hydrogens is 768 g/mol. The summed E-state index contributed by atoms with van der Waals surface area (Å²) in [6.45, 7) is 4.45. The van der Waals surface area contributed by atoms with Crippen LogP contribution in [0.5, 0.6) is 0 Å². The predicted molar refractivity (Wildman–Crippen MR) is 256 cm³/mol. The van der Waals surface area contributed by atoms with Crippen LogP contribution in [-0.2, 0) is 18.4 Å². The molecule has 0 aromatic heterocycles. The van der Waals surface area contributed by atoms with Gasteiger partial charge >= 0.3 is 0 Å². The number of allylic oxidation sites excluding steroid dienone is 15. The number of unbranched alkanes of at least 4 members (excludes halogenated alkanes) is 14. The molecule has 0 saturated carbocycles. The van der Waals surface area contributed by atoms with Crippen LogP contribution in [0.4, 0.5) is 0 Å². The van der Waals surface area contributed by atoms with Crippen molar-refractivity contribution in [1.82, 2.24) is 5.32 Å². The Balaban J connectivity index is 4.30. The van der Waals surface area contributed by atoms with Crippen molar-refractivity contribution in [3.8, 4) is 0 Å². The van der Waals surface area contributed by atoms with Gasteiger partial charge in [-0.25, -0.2) is 0 Å². The largest absolute Gasteiger partial charge is 0.756 e. The third-order valence-electron chi connectivity index (χ3n) is 9.78. The fourth-order valence-corrected chi connectivity index (χ4v) is 6.77. The molecule has 60 heavy (non-hydrogen) atoms. The first-order chi connectivity index (χ1) is 29.0. The molecule has 0 heterocycles. The summed E-state index contributed by atoms with van der Waals surface area (Å²) in [5.41, 5.74) is 0. The highest BCUT2D eigenvalue weighted by molar-refractivity contribution is 7.45. The van der Waals surface area contributed by atoms with E-state index < -0.39 is 26.6 Å². The molecule has 3 unspecified atom stereocenters. The molecule has 2 N–H and O–H groups in total. The third kappa shape index (κ3) is 43.5. The third-order valence-corrected chi connectivity index (χ3v) is 10.7. The summed E-state index contributed by atoms with van der Waals surface area (Å²) in [4.78, 5) is 25.3. The number of hydrogen-bond acceptors (Lipinski definition) is 6. The maximum absolute atomic E-state index is 12.9. The lowest BCUT2D eigenvalue weighted by Gasteiger charge is -2.29. The second-order valence-electron chi connectivity index (χ2n) is 16.7. The Morgan fingerprint density at radius 2 is 1.03 bits per heavy atom. The summed E-state index contributed by atoms with van der Waals surface area (Å²) in [5, 5.41) is 13.7. The van der Waals surface area contributed by atoms with Crippen molar-refractivity contribution in [1.29, 1.82) is 0 Å². The van der Waals surface area contributed by atoms with E-state index in [1.165, 1.54) is 57.8 Å². The summed E-state index contributed by atoms with van der Waals surface area (Å²) in [6.07, 6.45) is 58.9. The molecule has 0 bridgehead atoms. The lowest BCUT2D eigenvalue weighted by atomic mass is 10.1. The topological polar surface area (TPSA) is 108 Å². The normalized spacial score (nSPS) is 15.1. The molecule has 0 aliphatic heterocycles. The van der Waals surface area contributed by atoms with Crippen molar-refractivity contribution in [3.63, 3.8) is 0 Å². The van der Waals surface area contributed by atoms with Crippen LogP contribution >= 0.6 is 7.82 Å². The monoisotopic (exact) mass is 857 g/mol. The van der Waals surface area contributed by atoms with Gasteiger partial charge in [0.25, 0.3) is 7.82 Å². The molecule has 0 aromatic rings. The van der Waals surface area contributed by atoms with Gasteiger partial charge in [0.1, 0.15) is 13.2 Å². The number of carbonyl (C=O) groups is 1. The number of amides is 1. The number of phosphoric acid groups is 1. The Labute approximate surface area is 369 Å². The number of hydrogen-bond donors (Lipinski definition) is 2. The molecule has 344 valence electrons. The van der Waals surface area contributed by atoms with E-state index in [0.29, 0.717) is 17.4 Å². The summed E-state index contributed by atoms with van der Waals surface area (Å²) in [7, 11) is 1.22. The maximum Gasteiger partial charge on any atom is 0.268 e. The van der Waals surface area contributed by atoms with Gasteiger partial charge in [0.15, 0.2) is 0 Å². The molecule has 8 nitrogen and oxygen atoms in total. The summed E-state index contributed by atoms with van der Waals surface area (Å²) in [6, 6.07) is -0.912. The number of rotatable bonds is 41. The molecule has 0 spiro atoms.